The topological polar surface area (TPSA) is 222 Å². The molecule has 0 bridgehead atoms. The number of rotatable bonds is 6. The lowest BCUT2D eigenvalue weighted by molar-refractivity contribution is -0.422. The molecule has 4 spiro atoms. The zero-order valence-electron chi connectivity index (χ0n) is 32.1. The molecule has 0 atom stereocenters. The Bertz CT molecular complexity index is 1860. The average molecular weight is 803 g/mol. The molecule has 0 aromatic carbocycles. The van der Waals surface area contributed by atoms with Crippen molar-refractivity contribution < 1.29 is 76.9 Å². The number of hydrogen-bond donors (Lipinski definition) is 0. The van der Waals surface area contributed by atoms with Gasteiger partial charge in [-0.05, 0) is 63.8 Å². The van der Waals surface area contributed by atoms with Gasteiger partial charge in [0.25, 0.3) is 11.6 Å². The van der Waals surface area contributed by atoms with E-state index in [0.29, 0.717) is 36.8 Å². The number of carbonyl (C=O) groups excluding carboxylic acids is 6. The predicted octanol–water partition coefficient (Wildman–Crippen LogP) is 3.62. The molecule has 2 saturated heterocycles. The lowest BCUT2D eigenvalue weighted by Crippen LogP contribution is -2.54. The van der Waals surface area contributed by atoms with Crippen LogP contribution in [0.3, 0.4) is 0 Å². The summed E-state index contributed by atoms with van der Waals surface area (Å²) in [7, 11) is 0. The number of ether oxygens (including phenoxy) is 8. The maximum atomic E-state index is 13.0. The fourth-order valence-electron chi connectivity index (χ4n) is 7.73. The number of esters is 6. The van der Waals surface area contributed by atoms with Gasteiger partial charge in [0.15, 0.2) is 11.6 Å². The first-order valence-electron chi connectivity index (χ1n) is 19.4. The van der Waals surface area contributed by atoms with E-state index >= 15 is 0 Å². The Morgan fingerprint density at radius 1 is 0.431 bits per heavy atom. The molecule has 0 N–H and O–H groups in total. The minimum atomic E-state index is -1.68. The van der Waals surface area contributed by atoms with Gasteiger partial charge in [0, 0.05) is 51.4 Å². The maximum absolute atomic E-state index is 13.0. The molecule has 7 rings (SSSR count). The standard InChI is InChI=1S/C42H44O16/c1-25(9-13-27-31(43)51-39(52-32(27)44)17-5-3-6-18-39)11-15-29-35(47)55-41(56-36(29)48)21-23-42(24-22-41)57-37(49)30(38(50)58-42)16-12-26(2)10-14-28-33(45)53-40(54-34(28)46)19-7-4-8-20-40/h9-16,47,49H,3-8,17-24H2,1-2H3/p-2/b15-11+,16-12+,25-9+,26-10+. The van der Waals surface area contributed by atoms with Crippen LogP contribution in [0.25, 0.3) is 0 Å². The van der Waals surface area contributed by atoms with E-state index < -0.39 is 82.0 Å². The van der Waals surface area contributed by atoms with E-state index in [1.165, 1.54) is 48.6 Å². The largest absolute Gasteiger partial charge is 0.574 e. The molecule has 16 heteroatoms. The Balaban J connectivity index is 0.940. The van der Waals surface area contributed by atoms with Crippen LogP contribution in [0, 0.1) is 0 Å². The van der Waals surface area contributed by atoms with Crippen molar-refractivity contribution in [2.45, 2.75) is 127 Å². The summed E-state index contributed by atoms with van der Waals surface area (Å²) in [6.07, 6.45) is 16.8. The van der Waals surface area contributed by atoms with Crippen molar-refractivity contribution in [1.29, 1.82) is 0 Å². The second kappa shape index (κ2) is 15.7. The zero-order chi connectivity index (χ0) is 41.3. The maximum Gasteiger partial charge on any atom is 0.348 e. The van der Waals surface area contributed by atoms with E-state index in [1.807, 2.05) is 0 Å². The highest BCUT2D eigenvalue weighted by molar-refractivity contribution is 6.16. The second-order valence-corrected chi connectivity index (χ2v) is 15.4. The highest BCUT2D eigenvalue weighted by Gasteiger charge is 2.50. The molecule has 7 aliphatic rings. The van der Waals surface area contributed by atoms with E-state index in [1.54, 1.807) is 13.8 Å². The Labute approximate surface area is 333 Å². The van der Waals surface area contributed by atoms with Gasteiger partial charge in [-0.2, -0.15) is 0 Å². The first kappa shape index (κ1) is 40.1. The summed E-state index contributed by atoms with van der Waals surface area (Å²) in [6.45, 7) is 3.22. The van der Waals surface area contributed by atoms with Gasteiger partial charge in [0.05, 0.1) is 23.0 Å². The molecule has 3 saturated carbocycles. The lowest BCUT2D eigenvalue weighted by atomic mass is 9.87. The summed E-state index contributed by atoms with van der Waals surface area (Å²) in [5, 5.41) is 26.0. The molecule has 0 radical (unpaired) electrons. The van der Waals surface area contributed by atoms with E-state index in [4.69, 9.17) is 37.9 Å². The molecule has 0 amide bonds. The molecule has 3 aliphatic carbocycles. The third kappa shape index (κ3) is 8.31. The van der Waals surface area contributed by atoms with Gasteiger partial charge in [-0.3, -0.25) is 0 Å². The van der Waals surface area contributed by atoms with Gasteiger partial charge in [0.2, 0.25) is 0 Å². The molecule has 5 fully saturated rings. The first-order chi connectivity index (χ1) is 27.6. The molecule has 4 heterocycles. The molecule has 4 aliphatic heterocycles. The van der Waals surface area contributed by atoms with Crippen LogP contribution in [-0.2, 0) is 66.7 Å². The van der Waals surface area contributed by atoms with Crippen molar-refractivity contribution in [2.75, 3.05) is 0 Å². The van der Waals surface area contributed by atoms with Crippen molar-refractivity contribution in [3.8, 4) is 0 Å². The predicted molar refractivity (Wildman–Crippen MR) is 190 cm³/mol. The molecular formula is C42H42O16-2. The minimum absolute atomic E-state index is 0.143. The van der Waals surface area contributed by atoms with E-state index in [9.17, 15) is 39.0 Å². The van der Waals surface area contributed by atoms with Crippen molar-refractivity contribution >= 4 is 35.8 Å². The van der Waals surface area contributed by atoms with Crippen LogP contribution in [-0.4, -0.2) is 59.0 Å². The fraction of sp³-hybridized carbons (Fsp3) is 0.476. The van der Waals surface area contributed by atoms with Gasteiger partial charge in [-0.25, -0.2) is 28.8 Å². The molecule has 0 unspecified atom stereocenters. The van der Waals surface area contributed by atoms with Crippen LogP contribution < -0.4 is 10.2 Å². The normalized spacial score (nSPS) is 25.6. The van der Waals surface area contributed by atoms with Crippen LogP contribution in [0.5, 0.6) is 0 Å². The Morgan fingerprint density at radius 3 is 1.03 bits per heavy atom. The summed E-state index contributed by atoms with van der Waals surface area (Å²) in [5.74, 6) is -12.8. The van der Waals surface area contributed by atoms with Gasteiger partial charge in [-0.15, -0.1) is 0 Å². The third-order valence-electron chi connectivity index (χ3n) is 11.0. The van der Waals surface area contributed by atoms with E-state index in [-0.39, 0.29) is 36.8 Å². The quantitative estimate of drug-likeness (QED) is 0.123. The smallest absolute Gasteiger partial charge is 0.348 e. The molecule has 16 nitrogen and oxygen atoms in total. The van der Waals surface area contributed by atoms with Crippen LogP contribution >= 0.6 is 0 Å². The molecular weight excluding hydrogens is 760 g/mol. The van der Waals surface area contributed by atoms with Crippen molar-refractivity contribution in [3.63, 3.8) is 0 Å². The number of allylic oxidation sites excluding steroid dienone is 8. The average Bonchev–Trinajstić information content (AvgIpc) is 3.15. The van der Waals surface area contributed by atoms with Crippen molar-refractivity contribution in [1.82, 2.24) is 0 Å². The van der Waals surface area contributed by atoms with Gasteiger partial charge in [-0.1, -0.05) is 48.3 Å². The summed E-state index contributed by atoms with van der Waals surface area (Å²) in [4.78, 5) is 76.4. The highest BCUT2D eigenvalue weighted by atomic mass is 16.8. The summed E-state index contributed by atoms with van der Waals surface area (Å²) < 4.78 is 44.2. The molecule has 0 aromatic rings. The van der Waals surface area contributed by atoms with Crippen molar-refractivity contribution in [3.05, 3.63) is 93.9 Å². The molecule has 308 valence electrons. The Morgan fingerprint density at radius 2 is 0.724 bits per heavy atom. The molecule has 58 heavy (non-hydrogen) atoms. The Hall–Kier alpha value is -6.06. The van der Waals surface area contributed by atoms with Crippen LogP contribution in [0.15, 0.2) is 93.9 Å². The van der Waals surface area contributed by atoms with Gasteiger partial charge < -0.3 is 48.1 Å². The SMILES string of the molecule is CC(/C=C/C1=C([O-])OC2(CCC3(CC2)OC(=O)C(/C=C/C(C)=C/C=C2C(=O)OC4(CCCCC4)OC2=O)=C([O-])O3)OC1=O)=C\C=C1C(=O)OC2(CCCCC2)OC1=O. The van der Waals surface area contributed by atoms with E-state index in [0.717, 1.165) is 38.5 Å². The third-order valence-corrected chi connectivity index (χ3v) is 11.0. The number of carbonyl (C=O) groups is 6. The zero-order valence-corrected chi connectivity index (χ0v) is 32.1. The van der Waals surface area contributed by atoms with Gasteiger partial charge >= 0.3 is 35.8 Å². The first-order valence-corrected chi connectivity index (χ1v) is 19.4. The molecule has 0 aromatic heterocycles. The van der Waals surface area contributed by atoms with E-state index in [2.05, 4.69) is 0 Å². The fourth-order valence-corrected chi connectivity index (χ4v) is 7.73. The monoisotopic (exact) mass is 802 g/mol. The Kier molecular flexibility index (Phi) is 10.9. The van der Waals surface area contributed by atoms with Crippen LogP contribution in [0.2, 0.25) is 0 Å². The summed E-state index contributed by atoms with van der Waals surface area (Å²) in [5.41, 5.74) is -0.465. The van der Waals surface area contributed by atoms with Crippen molar-refractivity contribution in [2.24, 2.45) is 0 Å². The van der Waals surface area contributed by atoms with Crippen LogP contribution in [0.4, 0.5) is 0 Å². The summed E-state index contributed by atoms with van der Waals surface area (Å²) >= 11 is 0. The lowest BCUT2D eigenvalue weighted by Gasteiger charge is -2.53. The highest BCUT2D eigenvalue weighted by Crippen LogP contribution is 2.46. The second-order valence-electron chi connectivity index (χ2n) is 15.4. The van der Waals surface area contributed by atoms with Gasteiger partial charge in [0.1, 0.15) is 11.1 Å². The number of hydrogen-bond acceptors (Lipinski definition) is 16. The minimum Gasteiger partial charge on any atom is -0.574 e. The summed E-state index contributed by atoms with van der Waals surface area (Å²) in [6, 6.07) is 0. The van der Waals surface area contributed by atoms with Crippen LogP contribution in [0.1, 0.15) is 104 Å².